The van der Waals surface area contributed by atoms with Gasteiger partial charge in [0.25, 0.3) is 5.91 Å². The van der Waals surface area contributed by atoms with Crippen LogP contribution in [-0.2, 0) is 9.53 Å². The first-order valence-corrected chi connectivity index (χ1v) is 11.0. The molecular formula is C22H23ClN2O4S. The van der Waals surface area contributed by atoms with E-state index in [2.05, 4.69) is 0 Å². The standard InChI is InChI=1S/C22H23ClN2O4S/c1-14-9-10-16(23)21-20(14)24-22(30-21)25(12-15-6-5-11-28-15)19(26)13-29-18-8-4-3-7-17(18)27-2/h3-4,7-10,15H,5-6,11-13H2,1-2H3. The van der Waals surface area contributed by atoms with Gasteiger partial charge in [0.2, 0.25) is 0 Å². The van der Waals surface area contributed by atoms with Crippen LogP contribution in [-0.4, -0.2) is 43.9 Å². The number of para-hydroxylation sites is 2. The first kappa shape index (κ1) is 20.9. The highest BCUT2D eigenvalue weighted by atomic mass is 35.5. The van der Waals surface area contributed by atoms with Crippen LogP contribution >= 0.6 is 22.9 Å². The number of aryl methyl sites for hydroxylation is 1. The number of benzene rings is 2. The van der Waals surface area contributed by atoms with Gasteiger partial charge in [0, 0.05) is 6.61 Å². The topological polar surface area (TPSA) is 60.9 Å². The van der Waals surface area contributed by atoms with Crippen molar-refractivity contribution in [3.05, 3.63) is 47.0 Å². The molecule has 1 saturated heterocycles. The van der Waals surface area contributed by atoms with Crippen LogP contribution in [0.3, 0.4) is 0 Å². The van der Waals surface area contributed by atoms with Gasteiger partial charge in [-0.15, -0.1) is 0 Å². The minimum absolute atomic E-state index is 0.0104. The van der Waals surface area contributed by atoms with Crippen LogP contribution in [0.25, 0.3) is 10.2 Å². The smallest absolute Gasteiger partial charge is 0.266 e. The first-order valence-electron chi connectivity index (χ1n) is 9.80. The van der Waals surface area contributed by atoms with Crippen LogP contribution < -0.4 is 14.4 Å². The minimum Gasteiger partial charge on any atom is -0.493 e. The number of methoxy groups -OCH3 is 1. The number of carbonyl (C=O) groups is 1. The highest BCUT2D eigenvalue weighted by Crippen LogP contribution is 2.36. The molecule has 0 spiro atoms. The average molecular weight is 447 g/mol. The normalized spacial score (nSPS) is 16.0. The van der Waals surface area contributed by atoms with Gasteiger partial charge >= 0.3 is 0 Å². The van der Waals surface area contributed by atoms with E-state index in [1.54, 1.807) is 24.1 Å². The zero-order valence-corrected chi connectivity index (χ0v) is 18.5. The predicted octanol–water partition coefficient (Wildman–Crippen LogP) is 4.86. The molecule has 1 aromatic heterocycles. The van der Waals surface area contributed by atoms with E-state index in [0.717, 1.165) is 35.2 Å². The SMILES string of the molecule is COc1ccccc1OCC(=O)N(CC1CCCO1)c1nc2c(C)ccc(Cl)c2s1. The summed E-state index contributed by atoms with van der Waals surface area (Å²) < 4.78 is 17.7. The highest BCUT2D eigenvalue weighted by molar-refractivity contribution is 7.23. The third kappa shape index (κ3) is 4.38. The van der Waals surface area contributed by atoms with E-state index in [1.165, 1.54) is 11.3 Å². The van der Waals surface area contributed by atoms with E-state index in [0.29, 0.717) is 28.2 Å². The fourth-order valence-corrected chi connectivity index (χ4v) is 4.78. The molecule has 0 aliphatic carbocycles. The molecule has 1 amide bonds. The lowest BCUT2D eigenvalue weighted by atomic mass is 10.2. The lowest BCUT2D eigenvalue weighted by molar-refractivity contribution is -0.121. The van der Waals surface area contributed by atoms with Crippen LogP contribution in [0.15, 0.2) is 36.4 Å². The largest absolute Gasteiger partial charge is 0.493 e. The Kier molecular flexibility index (Phi) is 6.41. The molecule has 1 atom stereocenters. The number of thiazole rings is 1. The molecule has 0 saturated carbocycles. The number of amides is 1. The monoisotopic (exact) mass is 446 g/mol. The van der Waals surface area contributed by atoms with Crippen molar-refractivity contribution in [1.29, 1.82) is 0 Å². The van der Waals surface area contributed by atoms with Crippen LogP contribution in [0.4, 0.5) is 5.13 Å². The molecule has 4 rings (SSSR count). The lowest BCUT2D eigenvalue weighted by Gasteiger charge is -2.23. The van der Waals surface area contributed by atoms with Crippen LogP contribution in [0.1, 0.15) is 18.4 Å². The second kappa shape index (κ2) is 9.20. The van der Waals surface area contributed by atoms with Crippen molar-refractivity contribution in [2.24, 2.45) is 0 Å². The minimum atomic E-state index is -0.191. The van der Waals surface area contributed by atoms with Crippen molar-refractivity contribution in [2.75, 3.05) is 31.8 Å². The summed E-state index contributed by atoms with van der Waals surface area (Å²) in [6.07, 6.45) is 1.90. The van der Waals surface area contributed by atoms with E-state index in [-0.39, 0.29) is 18.6 Å². The zero-order chi connectivity index (χ0) is 21.1. The molecule has 6 nitrogen and oxygen atoms in total. The molecule has 1 aliphatic heterocycles. The zero-order valence-electron chi connectivity index (χ0n) is 16.9. The molecule has 2 aromatic carbocycles. The number of halogens is 1. The number of hydrogen-bond acceptors (Lipinski definition) is 6. The van der Waals surface area contributed by atoms with Gasteiger partial charge in [-0.3, -0.25) is 9.69 Å². The summed E-state index contributed by atoms with van der Waals surface area (Å²) in [6.45, 7) is 3.01. The average Bonchev–Trinajstić information content (AvgIpc) is 3.43. The van der Waals surface area contributed by atoms with Gasteiger partial charge < -0.3 is 14.2 Å². The molecule has 0 radical (unpaired) electrons. The summed E-state index contributed by atoms with van der Waals surface area (Å²) in [7, 11) is 1.57. The maximum absolute atomic E-state index is 13.2. The summed E-state index contributed by atoms with van der Waals surface area (Å²) in [5, 5.41) is 1.24. The first-order chi connectivity index (χ1) is 14.6. The molecule has 0 N–H and O–H groups in total. The van der Waals surface area contributed by atoms with Crippen molar-refractivity contribution in [2.45, 2.75) is 25.9 Å². The van der Waals surface area contributed by atoms with Crippen molar-refractivity contribution in [3.8, 4) is 11.5 Å². The number of aromatic nitrogens is 1. The summed E-state index contributed by atoms with van der Waals surface area (Å²) in [6, 6.07) is 11.1. The van der Waals surface area contributed by atoms with Crippen molar-refractivity contribution < 1.29 is 19.0 Å². The number of rotatable bonds is 7. The van der Waals surface area contributed by atoms with Crippen molar-refractivity contribution in [1.82, 2.24) is 4.98 Å². The molecule has 1 fully saturated rings. The van der Waals surface area contributed by atoms with Gasteiger partial charge in [-0.2, -0.15) is 0 Å². The quantitative estimate of drug-likeness (QED) is 0.518. The van der Waals surface area contributed by atoms with Crippen LogP contribution in [0.5, 0.6) is 11.5 Å². The predicted molar refractivity (Wildman–Crippen MR) is 119 cm³/mol. The van der Waals surface area contributed by atoms with E-state index in [4.69, 9.17) is 30.8 Å². The Bertz CT molecular complexity index is 1010. The second-order valence-corrected chi connectivity index (χ2v) is 8.50. The highest BCUT2D eigenvalue weighted by Gasteiger charge is 2.27. The van der Waals surface area contributed by atoms with Crippen molar-refractivity contribution in [3.63, 3.8) is 0 Å². The van der Waals surface area contributed by atoms with Crippen LogP contribution in [0, 0.1) is 6.92 Å². The molecule has 1 aliphatic rings. The van der Waals surface area contributed by atoms with Crippen molar-refractivity contribution >= 4 is 44.2 Å². The Morgan fingerprint density at radius 3 is 2.80 bits per heavy atom. The van der Waals surface area contributed by atoms with E-state index < -0.39 is 0 Å². The Labute approximate surface area is 184 Å². The van der Waals surface area contributed by atoms with E-state index >= 15 is 0 Å². The molecule has 3 aromatic rings. The van der Waals surface area contributed by atoms with Crippen LogP contribution in [0.2, 0.25) is 5.02 Å². The van der Waals surface area contributed by atoms with Gasteiger partial charge in [0.05, 0.1) is 35.0 Å². The number of hydrogen-bond donors (Lipinski definition) is 0. The number of fused-ring (bicyclic) bond motifs is 1. The van der Waals surface area contributed by atoms with Gasteiger partial charge in [-0.05, 0) is 43.5 Å². The summed E-state index contributed by atoms with van der Waals surface area (Å²) in [5.41, 5.74) is 1.84. The molecule has 2 heterocycles. The lowest BCUT2D eigenvalue weighted by Crippen LogP contribution is -2.40. The number of carbonyl (C=O) groups excluding carboxylic acids is 1. The molecule has 1 unspecified atom stereocenters. The molecular weight excluding hydrogens is 424 g/mol. The fraction of sp³-hybridized carbons (Fsp3) is 0.364. The third-order valence-corrected chi connectivity index (χ3v) is 6.59. The summed E-state index contributed by atoms with van der Waals surface area (Å²) in [5.74, 6) is 0.913. The molecule has 0 bridgehead atoms. The third-order valence-electron chi connectivity index (χ3n) is 5.05. The summed E-state index contributed by atoms with van der Waals surface area (Å²) in [4.78, 5) is 19.6. The Balaban J connectivity index is 1.60. The Morgan fingerprint density at radius 1 is 1.30 bits per heavy atom. The number of anilines is 1. The van der Waals surface area contributed by atoms with E-state index in [9.17, 15) is 4.79 Å². The Morgan fingerprint density at radius 2 is 2.10 bits per heavy atom. The molecule has 8 heteroatoms. The van der Waals surface area contributed by atoms with E-state index in [1.807, 2.05) is 31.2 Å². The second-order valence-electron chi connectivity index (χ2n) is 7.12. The van der Waals surface area contributed by atoms with Gasteiger partial charge in [-0.25, -0.2) is 4.98 Å². The Hall–Kier alpha value is -2.35. The number of ether oxygens (including phenoxy) is 3. The summed E-state index contributed by atoms with van der Waals surface area (Å²) >= 11 is 7.79. The van der Waals surface area contributed by atoms with Gasteiger partial charge in [-0.1, -0.05) is 41.1 Å². The van der Waals surface area contributed by atoms with Gasteiger partial charge in [0.1, 0.15) is 0 Å². The maximum atomic E-state index is 13.2. The van der Waals surface area contributed by atoms with Gasteiger partial charge in [0.15, 0.2) is 23.2 Å². The fourth-order valence-electron chi connectivity index (χ4n) is 3.44. The molecule has 158 valence electrons. The maximum Gasteiger partial charge on any atom is 0.266 e. The number of nitrogens with zero attached hydrogens (tertiary/aromatic N) is 2. The molecule has 30 heavy (non-hydrogen) atoms.